The number of hydrogen-bond donors (Lipinski definition) is 7. The van der Waals surface area contributed by atoms with E-state index in [1.165, 1.54) is 6.07 Å². The van der Waals surface area contributed by atoms with Crippen LogP contribution in [0.1, 0.15) is 63.2 Å². The van der Waals surface area contributed by atoms with Crippen LogP contribution in [0.4, 0.5) is 0 Å². The van der Waals surface area contributed by atoms with E-state index in [-0.39, 0.29) is 23.8 Å². The molecule has 2 aliphatic rings. The molecule has 0 saturated heterocycles. The van der Waals surface area contributed by atoms with Crippen LogP contribution in [0.3, 0.4) is 0 Å². The maximum atomic E-state index is 13.6. The number of carbonyl (C=O) groups is 5. The smallest absolute Gasteiger partial charge is 0.255 e. The number of para-hydroxylation sites is 1. The third-order valence-electron chi connectivity index (χ3n) is 7.31. The summed E-state index contributed by atoms with van der Waals surface area (Å²) in [6.45, 7) is 4.23. The van der Waals surface area contributed by atoms with E-state index in [1.54, 1.807) is 39.0 Å². The number of rotatable bonds is 5. The Morgan fingerprint density at radius 3 is 2.34 bits per heavy atom. The van der Waals surface area contributed by atoms with Crippen molar-refractivity contribution in [3.63, 3.8) is 0 Å². The van der Waals surface area contributed by atoms with Crippen LogP contribution in [-0.2, 0) is 19.2 Å². The molecule has 1 aromatic carbocycles. The molecule has 1 aliphatic heterocycles. The molecule has 13 heteroatoms. The highest BCUT2D eigenvalue weighted by molar-refractivity contribution is 6.01. The highest BCUT2D eigenvalue weighted by atomic mass is 16.5. The maximum absolute atomic E-state index is 13.6. The predicted molar refractivity (Wildman–Crippen MR) is 148 cm³/mol. The molecular weight excluding hydrogens is 534 g/mol. The number of aliphatic hydroxyl groups excluding tert-OH is 2. The molecule has 13 nitrogen and oxygen atoms in total. The van der Waals surface area contributed by atoms with E-state index in [1.807, 2.05) is 0 Å². The average Bonchev–Trinajstić information content (AvgIpc) is 3.41. The summed E-state index contributed by atoms with van der Waals surface area (Å²) in [5.74, 6) is -3.13. The highest BCUT2D eigenvalue weighted by Crippen LogP contribution is 2.30. The third kappa shape index (κ3) is 8.17. The summed E-state index contributed by atoms with van der Waals surface area (Å²) in [7, 11) is 0. The van der Waals surface area contributed by atoms with Gasteiger partial charge in [-0.05, 0) is 37.8 Å². The average molecular weight is 576 g/mol. The fourth-order valence-electron chi connectivity index (χ4n) is 4.97. The fraction of sp³-hybridized carbons (Fsp3) is 0.607. The molecule has 41 heavy (non-hydrogen) atoms. The van der Waals surface area contributed by atoms with Gasteiger partial charge >= 0.3 is 0 Å². The molecule has 3 rings (SSSR count). The van der Waals surface area contributed by atoms with E-state index >= 15 is 0 Å². The Bertz CT molecular complexity index is 1120. The van der Waals surface area contributed by atoms with Gasteiger partial charge in [0.25, 0.3) is 5.91 Å². The van der Waals surface area contributed by atoms with Gasteiger partial charge in [0.1, 0.15) is 30.0 Å². The fourth-order valence-corrected chi connectivity index (χ4v) is 4.97. The van der Waals surface area contributed by atoms with Crippen LogP contribution in [0, 0.1) is 5.92 Å². The molecule has 1 spiro atoms. The first kappa shape index (κ1) is 31.8. The summed E-state index contributed by atoms with van der Waals surface area (Å²) in [4.78, 5) is 66.5. The van der Waals surface area contributed by atoms with Gasteiger partial charge in [0.05, 0.1) is 37.3 Å². The van der Waals surface area contributed by atoms with E-state index in [0.29, 0.717) is 25.7 Å². The zero-order chi connectivity index (χ0) is 30.2. The van der Waals surface area contributed by atoms with Crippen LogP contribution >= 0.6 is 0 Å². The summed E-state index contributed by atoms with van der Waals surface area (Å²) in [6.07, 6.45) is 1.51. The molecule has 1 saturated carbocycles. The highest BCUT2D eigenvalue weighted by Gasteiger charge is 2.44. The first-order valence-corrected chi connectivity index (χ1v) is 14.0. The van der Waals surface area contributed by atoms with Crippen LogP contribution in [0.15, 0.2) is 24.3 Å². The Labute approximate surface area is 239 Å². The van der Waals surface area contributed by atoms with Gasteiger partial charge in [-0.2, -0.15) is 0 Å². The lowest BCUT2D eigenvalue weighted by atomic mass is 9.93. The minimum atomic E-state index is -1.40. The van der Waals surface area contributed by atoms with Crippen molar-refractivity contribution in [3.8, 4) is 5.75 Å². The molecule has 0 bridgehead atoms. The van der Waals surface area contributed by atoms with E-state index in [2.05, 4.69) is 26.6 Å². The molecule has 0 aromatic heterocycles. The van der Waals surface area contributed by atoms with Gasteiger partial charge in [-0.3, -0.25) is 24.0 Å². The van der Waals surface area contributed by atoms with Crippen molar-refractivity contribution >= 4 is 29.5 Å². The Balaban J connectivity index is 1.99. The number of benzene rings is 1. The molecule has 5 amide bonds. The monoisotopic (exact) mass is 575 g/mol. The number of ether oxygens (including phenoxy) is 1. The summed E-state index contributed by atoms with van der Waals surface area (Å²) in [6, 6.07) is 2.55. The summed E-state index contributed by atoms with van der Waals surface area (Å²) in [5, 5.41) is 32.3. The van der Waals surface area contributed by atoms with Gasteiger partial charge in [-0.25, -0.2) is 0 Å². The molecule has 0 unspecified atom stereocenters. The second-order valence-electron chi connectivity index (χ2n) is 11.1. The minimum Gasteiger partial charge on any atom is -0.491 e. The molecule has 0 radical (unpaired) electrons. The minimum absolute atomic E-state index is 0.0113. The Morgan fingerprint density at radius 1 is 1.05 bits per heavy atom. The number of aliphatic hydroxyl groups is 2. The number of fused-ring (bicyclic) bond motifs is 1. The van der Waals surface area contributed by atoms with Crippen LogP contribution in [-0.4, -0.2) is 89.3 Å². The van der Waals surface area contributed by atoms with Crippen LogP contribution < -0.4 is 31.3 Å². The van der Waals surface area contributed by atoms with Crippen LogP contribution in [0.2, 0.25) is 0 Å². The number of nitrogens with one attached hydrogen (secondary N) is 5. The molecule has 1 aromatic rings. The van der Waals surface area contributed by atoms with Gasteiger partial charge < -0.3 is 41.5 Å². The van der Waals surface area contributed by atoms with Gasteiger partial charge in [0.15, 0.2) is 0 Å². The van der Waals surface area contributed by atoms with Crippen LogP contribution in [0.25, 0.3) is 0 Å². The molecule has 226 valence electrons. The summed E-state index contributed by atoms with van der Waals surface area (Å²) >= 11 is 0. The second kappa shape index (κ2) is 14.3. The van der Waals surface area contributed by atoms with Crippen molar-refractivity contribution in [1.29, 1.82) is 0 Å². The molecule has 7 N–H and O–H groups in total. The van der Waals surface area contributed by atoms with Crippen molar-refractivity contribution in [2.24, 2.45) is 5.92 Å². The van der Waals surface area contributed by atoms with Crippen molar-refractivity contribution < 1.29 is 38.9 Å². The quantitative estimate of drug-likeness (QED) is 0.235. The van der Waals surface area contributed by atoms with E-state index in [0.717, 1.165) is 0 Å². The Kier molecular flexibility index (Phi) is 11.1. The van der Waals surface area contributed by atoms with E-state index < -0.39 is 78.9 Å². The lowest BCUT2D eigenvalue weighted by Crippen LogP contribution is -2.62. The van der Waals surface area contributed by atoms with Crippen molar-refractivity contribution in [3.05, 3.63) is 29.8 Å². The standard InChI is InChI=1S/C28H41N5O8/c1-16(2)23-26(39)29-17(3)15-41-21-9-5-4-8-19(21)24(37)31-20(25(38)30-18(13-34)14-35)12-22(36)33-28(27(40)32-23)10-6-7-11-28/h4-5,8-9,16-18,20,23,34-35H,6-7,10-15H2,1-3H3,(H,29,39)(H,30,38)(H,31,37)(H,32,40)(H,33,36)/t17-,20-,23+/m0/s1. The number of amides is 5. The van der Waals surface area contributed by atoms with Crippen molar-refractivity contribution in [1.82, 2.24) is 26.6 Å². The van der Waals surface area contributed by atoms with Crippen molar-refractivity contribution in [2.75, 3.05) is 19.8 Å². The Morgan fingerprint density at radius 2 is 1.71 bits per heavy atom. The third-order valence-corrected chi connectivity index (χ3v) is 7.31. The summed E-state index contributed by atoms with van der Waals surface area (Å²) < 4.78 is 5.84. The van der Waals surface area contributed by atoms with E-state index in [9.17, 15) is 34.2 Å². The SMILES string of the molecule is CC(C)[C@H]1NC(=O)C2(CCCC2)NC(=O)C[C@@H](C(=O)NC(CO)CO)NC(=O)c2ccccc2OC[C@H](C)NC1=O. The lowest BCUT2D eigenvalue weighted by molar-refractivity contribution is -0.137. The lowest BCUT2D eigenvalue weighted by Gasteiger charge is -2.33. The molecule has 3 atom stereocenters. The number of carbonyl (C=O) groups excluding carboxylic acids is 5. The van der Waals surface area contributed by atoms with Gasteiger partial charge in [0, 0.05) is 0 Å². The predicted octanol–water partition coefficient (Wildman–Crippen LogP) is -0.889. The molecule has 1 heterocycles. The Hall–Kier alpha value is -3.71. The molecular formula is C28H41N5O8. The second-order valence-corrected chi connectivity index (χ2v) is 11.1. The van der Waals surface area contributed by atoms with Gasteiger partial charge in [0.2, 0.25) is 23.6 Å². The zero-order valence-electron chi connectivity index (χ0n) is 23.7. The van der Waals surface area contributed by atoms with Crippen molar-refractivity contribution in [2.45, 2.75) is 82.6 Å². The largest absolute Gasteiger partial charge is 0.491 e. The number of hydrogen-bond acceptors (Lipinski definition) is 8. The molecule has 1 aliphatic carbocycles. The first-order valence-electron chi connectivity index (χ1n) is 14.0. The summed E-state index contributed by atoms with van der Waals surface area (Å²) in [5.41, 5.74) is -1.19. The van der Waals surface area contributed by atoms with E-state index in [4.69, 9.17) is 4.74 Å². The normalized spacial score (nSPS) is 24.0. The zero-order valence-corrected chi connectivity index (χ0v) is 23.7. The van der Waals surface area contributed by atoms with Gasteiger partial charge in [-0.1, -0.05) is 38.8 Å². The first-order chi connectivity index (χ1) is 19.5. The topological polar surface area (TPSA) is 195 Å². The van der Waals surface area contributed by atoms with Gasteiger partial charge in [-0.15, -0.1) is 0 Å². The van der Waals surface area contributed by atoms with Crippen LogP contribution in [0.5, 0.6) is 5.75 Å². The maximum Gasteiger partial charge on any atom is 0.255 e. The molecule has 1 fully saturated rings.